The molecule has 1 aromatic heterocycles. The highest BCUT2D eigenvalue weighted by Crippen LogP contribution is 2.40. The molecule has 0 fully saturated rings. The Balaban J connectivity index is 1.24. The molecule has 8 nitrogen and oxygen atoms in total. The van der Waals surface area contributed by atoms with Gasteiger partial charge >= 0.3 is 5.97 Å². The lowest BCUT2D eigenvalue weighted by molar-refractivity contribution is -0.139. The van der Waals surface area contributed by atoms with Crippen molar-refractivity contribution in [1.29, 1.82) is 0 Å². The minimum absolute atomic E-state index is 0.00655. The molecule has 8 heteroatoms. The second-order valence-electron chi connectivity index (χ2n) is 13.7. The van der Waals surface area contributed by atoms with Crippen molar-refractivity contribution in [2.45, 2.75) is 64.5 Å². The topological polar surface area (TPSA) is 85.2 Å². The molecule has 0 aliphatic carbocycles. The molecule has 0 bridgehead atoms. The zero-order chi connectivity index (χ0) is 37.3. The van der Waals surface area contributed by atoms with Crippen LogP contribution >= 0.6 is 0 Å². The molecule has 1 N–H and O–H groups in total. The van der Waals surface area contributed by atoms with Gasteiger partial charge in [0.1, 0.15) is 0 Å². The lowest BCUT2D eigenvalue weighted by Crippen LogP contribution is -2.41. The minimum atomic E-state index is -0.862. The molecule has 1 unspecified atom stereocenters. The van der Waals surface area contributed by atoms with Crippen LogP contribution in [0.1, 0.15) is 68.7 Å². The molecule has 1 aliphatic heterocycles. The van der Waals surface area contributed by atoms with E-state index in [1.807, 2.05) is 37.3 Å². The molecule has 7 rings (SSSR count). The van der Waals surface area contributed by atoms with E-state index in [9.17, 15) is 4.79 Å². The molecule has 0 spiro atoms. The van der Waals surface area contributed by atoms with E-state index >= 15 is 0 Å². The third kappa shape index (κ3) is 7.22. The maximum Gasteiger partial charge on any atom is 0.337 e. The number of carbonyl (C=O) groups is 1. The van der Waals surface area contributed by atoms with Crippen molar-refractivity contribution in [2.24, 2.45) is 0 Å². The Morgan fingerprint density at radius 1 is 0.722 bits per heavy atom. The Morgan fingerprint density at radius 2 is 1.30 bits per heavy atom. The van der Waals surface area contributed by atoms with Crippen LogP contribution in [0.5, 0.6) is 0 Å². The van der Waals surface area contributed by atoms with Crippen LogP contribution in [0.25, 0.3) is 22.5 Å². The van der Waals surface area contributed by atoms with Crippen molar-refractivity contribution in [3.8, 4) is 22.5 Å². The van der Waals surface area contributed by atoms with Crippen molar-refractivity contribution >= 4 is 5.97 Å². The number of tetrazole rings is 1. The molecular weight excluding hydrogens is 669 g/mol. The first-order chi connectivity index (χ1) is 26.6. The molecule has 0 saturated carbocycles. The summed E-state index contributed by atoms with van der Waals surface area (Å²) in [7, 11) is 0. The summed E-state index contributed by atoms with van der Waals surface area (Å²) in [5, 5.41) is 16.9. The van der Waals surface area contributed by atoms with Crippen LogP contribution in [0.2, 0.25) is 0 Å². The van der Waals surface area contributed by atoms with E-state index in [0.29, 0.717) is 18.9 Å². The van der Waals surface area contributed by atoms with Crippen LogP contribution in [0.15, 0.2) is 151 Å². The Hall–Kier alpha value is -5.86. The number of hydrogen-bond donors (Lipinski definition) is 1. The number of nitrogens with one attached hydrogen (secondary N) is 1. The second kappa shape index (κ2) is 16.9. The summed E-state index contributed by atoms with van der Waals surface area (Å²) in [5.41, 5.74) is 11.6. The SMILES string of the molecule is CCCCN1NC(Cc2ccc(-c3ccccc3-c3nnn(C(c4ccccc4)(c4ccccc4)c4ccccc4)n3)cc2)=C(C(=O)OCC)C1CCC. The number of carbonyl (C=O) groups excluding carboxylic acids is 1. The van der Waals surface area contributed by atoms with E-state index in [1.54, 1.807) is 4.80 Å². The fourth-order valence-electron chi connectivity index (χ4n) is 7.67. The lowest BCUT2D eigenvalue weighted by atomic mass is 9.77. The van der Waals surface area contributed by atoms with E-state index in [4.69, 9.17) is 20.1 Å². The second-order valence-corrected chi connectivity index (χ2v) is 13.7. The largest absolute Gasteiger partial charge is 0.463 e. The van der Waals surface area contributed by atoms with E-state index in [0.717, 1.165) is 82.4 Å². The number of esters is 1. The molecular formula is C46H48N6O2. The average molecular weight is 717 g/mol. The number of hydrogen-bond acceptors (Lipinski definition) is 7. The summed E-state index contributed by atoms with van der Waals surface area (Å²) in [4.78, 5) is 15.1. The summed E-state index contributed by atoms with van der Waals surface area (Å²) < 4.78 is 5.57. The summed E-state index contributed by atoms with van der Waals surface area (Å²) in [6.45, 7) is 7.45. The zero-order valence-corrected chi connectivity index (χ0v) is 31.4. The van der Waals surface area contributed by atoms with Crippen molar-refractivity contribution in [1.82, 2.24) is 30.6 Å². The maximum atomic E-state index is 13.3. The molecule has 0 radical (unpaired) electrons. The van der Waals surface area contributed by atoms with Gasteiger partial charge in [-0.2, -0.15) is 0 Å². The number of rotatable bonds is 15. The number of ether oxygens (including phenoxy) is 1. The zero-order valence-electron chi connectivity index (χ0n) is 31.4. The number of allylic oxidation sites excluding steroid dienone is 1. The number of benzene rings is 5. The van der Waals surface area contributed by atoms with E-state index in [2.05, 4.69) is 133 Å². The smallest absolute Gasteiger partial charge is 0.337 e. The molecule has 0 saturated heterocycles. The highest BCUT2D eigenvalue weighted by atomic mass is 16.5. The molecule has 274 valence electrons. The van der Waals surface area contributed by atoms with E-state index < -0.39 is 5.54 Å². The molecule has 2 heterocycles. The van der Waals surface area contributed by atoms with Gasteiger partial charge in [0.15, 0.2) is 5.54 Å². The van der Waals surface area contributed by atoms with Crippen molar-refractivity contribution < 1.29 is 9.53 Å². The fraction of sp³-hybridized carbons (Fsp3) is 0.261. The summed E-state index contributed by atoms with van der Waals surface area (Å²) in [5.74, 6) is 0.315. The van der Waals surface area contributed by atoms with Crippen LogP contribution < -0.4 is 5.43 Å². The van der Waals surface area contributed by atoms with Gasteiger partial charge in [-0.05, 0) is 58.4 Å². The Kier molecular flexibility index (Phi) is 11.4. The first-order valence-electron chi connectivity index (χ1n) is 19.2. The number of aromatic nitrogens is 4. The third-order valence-corrected chi connectivity index (χ3v) is 10.2. The van der Waals surface area contributed by atoms with Gasteiger partial charge in [-0.25, -0.2) is 9.80 Å². The fourth-order valence-corrected chi connectivity index (χ4v) is 7.67. The minimum Gasteiger partial charge on any atom is -0.463 e. The van der Waals surface area contributed by atoms with Crippen LogP contribution in [0, 0.1) is 0 Å². The van der Waals surface area contributed by atoms with Gasteiger partial charge in [-0.15, -0.1) is 15.0 Å². The van der Waals surface area contributed by atoms with Gasteiger partial charge in [-0.1, -0.05) is 166 Å². The summed E-state index contributed by atoms with van der Waals surface area (Å²) >= 11 is 0. The molecule has 1 aliphatic rings. The highest BCUT2D eigenvalue weighted by Gasteiger charge is 2.41. The molecule has 6 aromatic rings. The van der Waals surface area contributed by atoms with Gasteiger partial charge in [0.25, 0.3) is 0 Å². The first-order valence-corrected chi connectivity index (χ1v) is 19.2. The monoisotopic (exact) mass is 716 g/mol. The summed E-state index contributed by atoms with van der Waals surface area (Å²) in [6, 6.07) is 47.9. The maximum absolute atomic E-state index is 13.3. The number of nitrogens with zero attached hydrogens (tertiary/aromatic N) is 5. The van der Waals surface area contributed by atoms with Crippen LogP contribution in [-0.4, -0.2) is 50.4 Å². The Bertz CT molecular complexity index is 2070. The first kappa shape index (κ1) is 36.5. The quantitative estimate of drug-likeness (QED) is 0.0839. The predicted molar refractivity (Wildman–Crippen MR) is 214 cm³/mol. The lowest BCUT2D eigenvalue weighted by Gasteiger charge is -2.34. The predicted octanol–water partition coefficient (Wildman–Crippen LogP) is 9.00. The van der Waals surface area contributed by atoms with E-state index in [1.165, 1.54) is 0 Å². The molecule has 0 amide bonds. The molecule has 54 heavy (non-hydrogen) atoms. The average Bonchev–Trinajstić information content (AvgIpc) is 3.84. The van der Waals surface area contributed by atoms with Crippen LogP contribution in [-0.2, 0) is 21.5 Å². The van der Waals surface area contributed by atoms with Gasteiger partial charge in [0, 0.05) is 24.2 Å². The van der Waals surface area contributed by atoms with Gasteiger partial charge in [0.05, 0.1) is 18.2 Å². The van der Waals surface area contributed by atoms with Crippen molar-refractivity contribution in [3.05, 3.63) is 173 Å². The van der Waals surface area contributed by atoms with Gasteiger partial charge < -0.3 is 10.2 Å². The summed E-state index contributed by atoms with van der Waals surface area (Å²) in [6.07, 6.45) is 4.62. The van der Waals surface area contributed by atoms with Crippen molar-refractivity contribution in [3.63, 3.8) is 0 Å². The highest BCUT2D eigenvalue weighted by molar-refractivity contribution is 5.91. The van der Waals surface area contributed by atoms with Crippen LogP contribution in [0.3, 0.4) is 0 Å². The third-order valence-electron chi connectivity index (χ3n) is 10.2. The Labute approximate surface area is 318 Å². The Morgan fingerprint density at radius 3 is 1.85 bits per heavy atom. The molecule has 1 atom stereocenters. The van der Waals surface area contributed by atoms with Gasteiger partial charge in [-0.3, -0.25) is 0 Å². The van der Waals surface area contributed by atoms with Gasteiger partial charge in [0.2, 0.25) is 5.82 Å². The number of unbranched alkanes of at least 4 members (excludes halogenated alkanes) is 1. The number of hydrazine groups is 1. The van der Waals surface area contributed by atoms with Crippen LogP contribution in [0.4, 0.5) is 0 Å². The molecule has 5 aromatic carbocycles. The normalized spacial score (nSPS) is 14.6. The van der Waals surface area contributed by atoms with E-state index in [-0.39, 0.29) is 12.0 Å². The van der Waals surface area contributed by atoms with Crippen molar-refractivity contribution in [2.75, 3.05) is 13.2 Å². The standard InChI is InChI=1S/C46H48N6O2/c1-4-7-32-51-42(19-5-2)43(45(53)54-6-3)41(48-51)33-34-28-30-35(31-29-34)39-26-17-18-27-40(39)44-47-50-52(49-44)46(36-20-11-8-12-21-36,37-22-13-9-14-23-37)38-24-15-10-16-25-38/h8-18,20-31,42,48H,4-7,19,32-33H2,1-3H3.